The second kappa shape index (κ2) is 12.4. The summed E-state index contributed by atoms with van der Waals surface area (Å²) in [5.74, 6) is 0.120. The van der Waals surface area contributed by atoms with Crippen LogP contribution >= 0.6 is 11.6 Å². The summed E-state index contributed by atoms with van der Waals surface area (Å²) in [6.07, 6.45) is 1.46. The number of para-hydroxylation sites is 1. The van der Waals surface area contributed by atoms with Crippen molar-refractivity contribution in [1.82, 2.24) is 5.43 Å². The zero-order chi connectivity index (χ0) is 26.0. The molecule has 0 saturated heterocycles. The molecule has 0 spiro atoms. The van der Waals surface area contributed by atoms with Crippen molar-refractivity contribution in [3.8, 4) is 17.2 Å². The Morgan fingerprint density at radius 1 is 0.865 bits per heavy atom. The lowest BCUT2D eigenvalue weighted by Crippen LogP contribution is -2.18. The van der Waals surface area contributed by atoms with Crippen LogP contribution in [-0.2, 0) is 6.61 Å². The summed E-state index contributed by atoms with van der Waals surface area (Å²) in [4.78, 5) is 25.1. The molecule has 0 saturated carbocycles. The van der Waals surface area contributed by atoms with Gasteiger partial charge in [-0.05, 0) is 65.7 Å². The Balaban J connectivity index is 1.39. The van der Waals surface area contributed by atoms with E-state index in [-0.39, 0.29) is 12.4 Å². The van der Waals surface area contributed by atoms with E-state index in [1.807, 2.05) is 18.2 Å². The lowest BCUT2D eigenvalue weighted by atomic mass is 10.2. The van der Waals surface area contributed by atoms with E-state index in [0.717, 1.165) is 5.56 Å². The van der Waals surface area contributed by atoms with Crippen LogP contribution in [0.5, 0.6) is 17.2 Å². The summed E-state index contributed by atoms with van der Waals surface area (Å²) in [5, 5.41) is 4.68. The number of benzene rings is 4. The predicted octanol–water partition coefficient (Wildman–Crippen LogP) is 5.91. The SMILES string of the molecule is COc1cc(/C=N/NC(=O)c2ccccc2OCc2ccc(Cl)cc2)ccc1OC(=O)c1ccccc1. The third-order valence-electron chi connectivity index (χ3n) is 5.22. The van der Waals surface area contributed by atoms with E-state index < -0.39 is 11.9 Å². The normalized spacial score (nSPS) is 10.6. The fourth-order valence-corrected chi connectivity index (χ4v) is 3.46. The van der Waals surface area contributed by atoms with Crippen LogP contribution in [0, 0.1) is 0 Å². The molecule has 0 fully saturated rings. The Kier molecular flexibility index (Phi) is 8.52. The molecule has 0 aliphatic rings. The van der Waals surface area contributed by atoms with Gasteiger partial charge in [0.05, 0.1) is 24.5 Å². The minimum absolute atomic E-state index is 0.268. The first-order valence-corrected chi connectivity index (χ1v) is 11.7. The van der Waals surface area contributed by atoms with Crippen molar-refractivity contribution in [1.29, 1.82) is 0 Å². The van der Waals surface area contributed by atoms with Gasteiger partial charge >= 0.3 is 5.97 Å². The molecule has 4 aromatic rings. The topological polar surface area (TPSA) is 86.2 Å². The predicted molar refractivity (Wildman–Crippen MR) is 142 cm³/mol. The number of halogens is 1. The molecule has 1 N–H and O–H groups in total. The Labute approximate surface area is 219 Å². The van der Waals surface area contributed by atoms with Gasteiger partial charge in [0.25, 0.3) is 5.91 Å². The summed E-state index contributed by atoms with van der Waals surface area (Å²) in [5.41, 5.74) is 4.82. The summed E-state index contributed by atoms with van der Waals surface area (Å²) >= 11 is 5.92. The van der Waals surface area contributed by atoms with Gasteiger partial charge in [0.1, 0.15) is 12.4 Å². The van der Waals surface area contributed by atoms with Crippen molar-refractivity contribution in [3.05, 3.63) is 124 Å². The van der Waals surface area contributed by atoms with Gasteiger partial charge in [-0.1, -0.05) is 54.1 Å². The second-order valence-corrected chi connectivity index (χ2v) is 8.21. The van der Waals surface area contributed by atoms with E-state index in [1.165, 1.54) is 13.3 Å². The third-order valence-corrected chi connectivity index (χ3v) is 5.47. The van der Waals surface area contributed by atoms with E-state index in [1.54, 1.807) is 78.9 Å². The molecule has 7 nitrogen and oxygen atoms in total. The van der Waals surface area contributed by atoms with Crippen LogP contribution in [0.15, 0.2) is 102 Å². The molecule has 0 atom stereocenters. The molecule has 8 heteroatoms. The zero-order valence-corrected chi connectivity index (χ0v) is 20.6. The number of hydrazone groups is 1. The molecule has 37 heavy (non-hydrogen) atoms. The number of nitrogens with zero attached hydrogens (tertiary/aromatic N) is 1. The van der Waals surface area contributed by atoms with Gasteiger partial charge in [0.2, 0.25) is 0 Å². The molecule has 0 aromatic heterocycles. The Morgan fingerprint density at radius 3 is 2.35 bits per heavy atom. The number of rotatable bonds is 9. The number of hydrogen-bond donors (Lipinski definition) is 1. The van der Waals surface area contributed by atoms with Crippen LogP contribution in [0.2, 0.25) is 5.02 Å². The molecule has 4 aromatic carbocycles. The van der Waals surface area contributed by atoms with Gasteiger partial charge in [-0.2, -0.15) is 5.10 Å². The van der Waals surface area contributed by atoms with Gasteiger partial charge in [0, 0.05) is 5.02 Å². The number of hydrogen-bond acceptors (Lipinski definition) is 6. The van der Waals surface area contributed by atoms with Gasteiger partial charge in [-0.3, -0.25) is 4.79 Å². The monoisotopic (exact) mass is 514 g/mol. The number of carbonyl (C=O) groups excluding carboxylic acids is 2. The fraction of sp³-hybridized carbons (Fsp3) is 0.0690. The van der Waals surface area contributed by atoms with Crippen molar-refractivity contribution in [2.45, 2.75) is 6.61 Å². The van der Waals surface area contributed by atoms with Crippen molar-refractivity contribution in [2.24, 2.45) is 5.10 Å². The third kappa shape index (κ3) is 6.96. The molecule has 0 unspecified atom stereocenters. The average molecular weight is 515 g/mol. The molecule has 0 aliphatic carbocycles. The van der Waals surface area contributed by atoms with Crippen molar-refractivity contribution in [3.63, 3.8) is 0 Å². The van der Waals surface area contributed by atoms with E-state index in [0.29, 0.717) is 33.2 Å². The Hall–Kier alpha value is -4.62. The average Bonchev–Trinajstić information content (AvgIpc) is 2.94. The number of carbonyl (C=O) groups is 2. The molecule has 0 aliphatic heterocycles. The quantitative estimate of drug-likeness (QED) is 0.130. The Bertz CT molecular complexity index is 1410. The molecule has 4 rings (SSSR count). The van der Waals surface area contributed by atoms with Crippen molar-refractivity contribution < 1.29 is 23.8 Å². The smallest absolute Gasteiger partial charge is 0.343 e. The van der Waals surface area contributed by atoms with E-state index in [4.69, 9.17) is 25.8 Å². The lowest BCUT2D eigenvalue weighted by Gasteiger charge is -2.11. The maximum absolute atomic E-state index is 12.7. The maximum Gasteiger partial charge on any atom is 0.343 e. The first-order chi connectivity index (χ1) is 18.0. The number of amides is 1. The number of ether oxygens (including phenoxy) is 3. The van der Waals surface area contributed by atoms with Crippen LogP contribution < -0.4 is 19.6 Å². The molecule has 0 radical (unpaired) electrons. The van der Waals surface area contributed by atoms with Crippen LogP contribution in [0.1, 0.15) is 31.8 Å². The van der Waals surface area contributed by atoms with Crippen LogP contribution in [-0.4, -0.2) is 25.2 Å². The summed E-state index contributed by atoms with van der Waals surface area (Å²) in [6.45, 7) is 0.283. The minimum atomic E-state index is -0.496. The molecular weight excluding hydrogens is 492 g/mol. The number of esters is 1. The molecule has 1 amide bonds. The molecule has 186 valence electrons. The first kappa shape index (κ1) is 25.5. The molecule has 0 heterocycles. The zero-order valence-electron chi connectivity index (χ0n) is 19.9. The van der Waals surface area contributed by atoms with Crippen LogP contribution in [0.3, 0.4) is 0 Å². The summed E-state index contributed by atoms with van der Waals surface area (Å²) in [6, 6.07) is 27.8. The highest BCUT2D eigenvalue weighted by atomic mass is 35.5. The van der Waals surface area contributed by atoms with E-state index in [9.17, 15) is 9.59 Å². The highest BCUT2D eigenvalue weighted by Gasteiger charge is 2.13. The number of methoxy groups -OCH3 is 1. The largest absolute Gasteiger partial charge is 0.493 e. The van der Waals surface area contributed by atoms with E-state index in [2.05, 4.69) is 10.5 Å². The molecular formula is C29H23ClN2O5. The summed E-state index contributed by atoms with van der Waals surface area (Å²) < 4.78 is 16.7. The minimum Gasteiger partial charge on any atom is -0.493 e. The highest BCUT2D eigenvalue weighted by molar-refractivity contribution is 6.30. The molecule has 0 bridgehead atoms. The lowest BCUT2D eigenvalue weighted by molar-refractivity contribution is 0.0729. The fourth-order valence-electron chi connectivity index (χ4n) is 3.33. The van der Waals surface area contributed by atoms with Gasteiger partial charge in [-0.25, -0.2) is 10.2 Å². The van der Waals surface area contributed by atoms with E-state index >= 15 is 0 Å². The van der Waals surface area contributed by atoms with Gasteiger partial charge < -0.3 is 14.2 Å². The summed E-state index contributed by atoms with van der Waals surface area (Å²) in [7, 11) is 1.47. The number of nitrogens with one attached hydrogen (secondary N) is 1. The Morgan fingerprint density at radius 2 is 1.59 bits per heavy atom. The van der Waals surface area contributed by atoms with Crippen LogP contribution in [0.4, 0.5) is 0 Å². The maximum atomic E-state index is 12.7. The second-order valence-electron chi connectivity index (χ2n) is 7.78. The van der Waals surface area contributed by atoms with Gasteiger partial charge in [-0.15, -0.1) is 0 Å². The van der Waals surface area contributed by atoms with Crippen LogP contribution in [0.25, 0.3) is 0 Å². The van der Waals surface area contributed by atoms with Gasteiger partial charge in [0.15, 0.2) is 11.5 Å². The first-order valence-electron chi connectivity index (χ1n) is 11.3. The van der Waals surface area contributed by atoms with Crippen molar-refractivity contribution in [2.75, 3.05) is 7.11 Å². The highest BCUT2D eigenvalue weighted by Crippen LogP contribution is 2.28. The van der Waals surface area contributed by atoms with Crippen molar-refractivity contribution >= 4 is 29.7 Å². The standard InChI is InChI=1S/C29H23ClN2O5/c1-35-27-17-21(13-16-26(27)37-29(34)22-7-3-2-4-8-22)18-31-32-28(33)24-9-5-6-10-25(24)36-19-20-11-14-23(30)15-12-20/h2-18H,19H2,1H3,(H,32,33)/b31-18+.